The van der Waals surface area contributed by atoms with Gasteiger partial charge in [0.25, 0.3) is 0 Å². The molecule has 104 valence electrons. The third-order valence-corrected chi connectivity index (χ3v) is 3.53. The zero-order valence-corrected chi connectivity index (χ0v) is 11.3. The van der Waals surface area contributed by atoms with Crippen LogP contribution in [0.25, 0.3) is 0 Å². The summed E-state index contributed by atoms with van der Waals surface area (Å²) in [5.41, 5.74) is 9.41. The van der Waals surface area contributed by atoms with Crippen LogP contribution in [0.1, 0.15) is 22.7 Å². The molecule has 5 heteroatoms. The second-order valence-electron chi connectivity index (χ2n) is 4.91. The first-order valence-electron chi connectivity index (χ1n) is 6.43. The molecule has 0 amide bonds. The van der Waals surface area contributed by atoms with Crippen LogP contribution in [-0.4, -0.2) is 37.4 Å². The number of nitrogens with zero attached hydrogens (tertiary/aromatic N) is 1. The molecular formula is C14H20N2O3. The molecule has 2 rings (SSSR count). The molecule has 5 nitrogen and oxygen atoms in total. The molecular weight excluding hydrogens is 244 g/mol. The van der Waals surface area contributed by atoms with Gasteiger partial charge >= 0.3 is 5.97 Å². The Labute approximate surface area is 113 Å². The zero-order chi connectivity index (χ0) is 14.0. The lowest BCUT2D eigenvalue weighted by Gasteiger charge is -2.30. The van der Waals surface area contributed by atoms with Gasteiger partial charge in [-0.1, -0.05) is 0 Å². The van der Waals surface area contributed by atoms with Gasteiger partial charge in [-0.2, -0.15) is 0 Å². The third-order valence-electron chi connectivity index (χ3n) is 3.53. The van der Waals surface area contributed by atoms with Crippen LogP contribution in [0.2, 0.25) is 0 Å². The number of aliphatic carboxylic acids is 1. The summed E-state index contributed by atoms with van der Waals surface area (Å²) in [5.74, 6) is -0.995. The summed E-state index contributed by atoms with van der Waals surface area (Å²) in [6.45, 7) is 7.01. The topological polar surface area (TPSA) is 75.8 Å². The Bertz CT molecular complexity index is 459. The maximum atomic E-state index is 11.0. The monoisotopic (exact) mass is 264 g/mol. The SMILES string of the molecule is Cc1cc(N2CCOCC2)cc(C)c1[C@H](N)C(=O)O. The smallest absolute Gasteiger partial charge is 0.325 e. The van der Waals surface area contributed by atoms with Crippen molar-refractivity contribution >= 4 is 11.7 Å². The number of carbonyl (C=O) groups is 1. The number of hydrogen-bond acceptors (Lipinski definition) is 4. The summed E-state index contributed by atoms with van der Waals surface area (Å²) in [4.78, 5) is 13.3. The molecule has 1 aliphatic heterocycles. The molecule has 3 N–H and O–H groups in total. The number of anilines is 1. The predicted molar refractivity (Wildman–Crippen MR) is 73.5 cm³/mol. The summed E-state index contributed by atoms with van der Waals surface area (Å²) in [6.07, 6.45) is 0. The Morgan fingerprint density at radius 1 is 1.32 bits per heavy atom. The summed E-state index contributed by atoms with van der Waals surface area (Å²) < 4.78 is 5.34. The van der Waals surface area contributed by atoms with Crippen molar-refractivity contribution in [2.75, 3.05) is 31.2 Å². The van der Waals surface area contributed by atoms with Gasteiger partial charge in [0.1, 0.15) is 6.04 Å². The maximum absolute atomic E-state index is 11.0. The number of carboxylic acids is 1. The fourth-order valence-corrected chi connectivity index (χ4v) is 2.57. The lowest BCUT2D eigenvalue weighted by molar-refractivity contribution is -0.138. The molecule has 0 aliphatic carbocycles. The van der Waals surface area contributed by atoms with Crippen molar-refractivity contribution < 1.29 is 14.6 Å². The van der Waals surface area contributed by atoms with E-state index in [-0.39, 0.29) is 0 Å². The molecule has 1 saturated heterocycles. The van der Waals surface area contributed by atoms with Crippen molar-refractivity contribution in [3.8, 4) is 0 Å². The molecule has 1 aromatic carbocycles. The largest absolute Gasteiger partial charge is 0.480 e. The van der Waals surface area contributed by atoms with E-state index in [0.29, 0.717) is 5.56 Å². The van der Waals surface area contributed by atoms with Gasteiger partial charge in [0.2, 0.25) is 0 Å². The minimum absolute atomic E-state index is 0.713. The van der Waals surface area contributed by atoms with Crippen LogP contribution in [0, 0.1) is 13.8 Å². The first-order chi connectivity index (χ1) is 9.00. The third kappa shape index (κ3) is 2.88. The number of rotatable bonds is 3. The van der Waals surface area contributed by atoms with E-state index in [1.165, 1.54) is 0 Å². The number of benzene rings is 1. The Balaban J connectivity index is 2.33. The Morgan fingerprint density at radius 2 is 1.84 bits per heavy atom. The molecule has 1 aliphatic rings. The van der Waals surface area contributed by atoms with Crippen molar-refractivity contribution in [2.45, 2.75) is 19.9 Å². The van der Waals surface area contributed by atoms with E-state index in [9.17, 15) is 4.79 Å². The van der Waals surface area contributed by atoms with Crippen molar-refractivity contribution in [1.82, 2.24) is 0 Å². The van der Waals surface area contributed by atoms with E-state index >= 15 is 0 Å². The van der Waals surface area contributed by atoms with Gasteiger partial charge in [-0.05, 0) is 42.7 Å². The highest BCUT2D eigenvalue weighted by Crippen LogP contribution is 2.27. The van der Waals surface area contributed by atoms with Crippen molar-refractivity contribution in [2.24, 2.45) is 5.73 Å². The van der Waals surface area contributed by atoms with E-state index in [0.717, 1.165) is 43.1 Å². The number of nitrogens with two attached hydrogens (primary N) is 1. The fourth-order valence-electron chi connectivity index (χ4n) is 2.57. The van der Waals surface area contributed by atoms with Gasteiger partial charge in [0, 0.05) is 18.8 Å². The summed E-state index contributed by atoms with van der Waals surface area (Å²) >= 11 is 0. The van der Waals surface area contributed by atoms with Crippen LogP contribution in [0.5, 0.6) is 0 Å². The minimum Gasteiger partial charge on any atom is -0.480 e. The fraction of sp³-hybridized carbons (Fsp3) is 0.500. The average molecular weight is 264 g/mol. The van der Waals surface area contributed by atoms with E-state index in [4.69, 9.17) is 15.6 Å². The molecule has 1 aromatic rings. The molecule has 0 bridgehead atoms. The lowest BCUT2D eigenvalue weighted by atomic mass is 9.95. The standard InChI is InChI=1S/C14H20N2O3/c1-9-7-11(16-3-5-19-6-4-16)8-10(2)12(9)13(15)14(17)18/h7-8,13H,3-6,15H2,1-2H3,(H,17,18)/t13-/m0/s1. The number of carboxylic acid groups (broad SMARTS) is 1. The zero-order valence-electron chi connectivity index (χ0n) is 11.3. The van der Waals surface area contributed by atoms with Gasteiger partial charge in [-0.15, -0.1) is 0 Å². The van der Waals surface area contributed by atoms with Crippen molar-refractivity contribution in [3.05, 3.63) is 28.8 Å². The first kappa shape index (κ1) is 13.8. The van der Waals surface area contributed by atoms with Crippen LogP contribution < -0.4 is 10.6 Å². The molecule has 1 fully saturated rings. The Kier molecular flexibility index (Phi) is 4.07. The molecule has 0 radical (unpaired) electrons. The van der Waals surface area contributed by atoms with Gasteiger partial charge in [-0.3, -0.25) is 4.79 Å². The van der Waals surface area contributed by atoms with Crippen LogP contribution in [-0.2, 0) is 9.53 Å². The quantitative estimate of drug-likeness (QED) is 0.858. The average Bonchev–Trinajstić information content (AvgIpc) is 2.38. The molecule has 0 aromatic heterocycles. The van der Waals surface area contributed by atoms with Gasteiger partial charge < -0.3 is 20.5 Å². The molecule has 0 saturated carbocycles. The Morgan fingerprint density at radius 3 is 2.32 bits per heavy atom. The van der Waals surface area contributed by atoms with Crippen molar-refractivity contribution in [3.63, 3.8) is 0 Å². The molecule has 1 atom stereocenters. The molecule has 1 heterocycles. The summed E-state index contributed by atoms with van der Waals surface area (Å²) in [6, 6.07) is 3.06. The van der Waals surface area contributed by atoms with Crippen molar-refractivity contribution in [1.29, 1.82) is 0 Å². The maximum Gasteiger partial charge on any atom is 0.325 e. The van der Waals surface area contributed by atoms with Crippen LogP contribution in [0.15, 0.2) is 12.1 Å². The summed E-state index contributed by atoms with van der Waals surface area (Å²) in [5, 5.41) is 9.05. The highest BCUT2D eigenvalue weighted by molar-refractivity contribution is 5.77. The van der Waals surface area contributed by atoms with E-state index in [2.05, 4.69) is 4.90 Å². The summed E-state index contributed by atoms with van der Waals surface area (Å²) in [7, 11) is 0. The van der Waals surface area contributed by atoms with Crippen LogP contribution >= 0.6 is 0 Å². The van der Waals surface area contributed by atoms with Gasteiger partial charge in [0.05, 0.1) is 13.2 Å². The molecule has 0 unspecified atom stereocenters. The Hall–Kier alpha value is -1.59. The predicted octanol–water partition coefficient (Wildman–Crippen LogP) is 1.22. The normalized spacial score (nSPS) is 17.3. The van der Waals surface area contributed by atoms with E-state index < -0.39 is 12.0 Å². The highest BCUT2D eigenvalue weighted by Gasteiger charge is 2.21. The number of ether oxygens (including phenoxy) is 1. The first-order valence-corrected chi connectivity index (χ1v) is 6.43. The highest BCUT2D eigenvalue weighted by atomic mass is 16.5. The minimum atomic E-state index is -0.995. The lowest BCUT2D eigenvalue weighted by Crippen LogP contribution is -2.36. The molecule has 0 spiro atoms. The van der Waals surface area contributed by atoms with Gasteiger partial charge in [0.15, 0.2) is 0 Å². The molecule has 19 heavy (non-hydrogen) atoms. The second-order valence-corrected chi connectivity index (χ2v) is 4.91. The van der Waals surface area contributed by atoms with E-state index in [1.54, 1.807) is 0 Å². The number of aryl methyl sites for hydroxylation is 2. The number of morpholine rings is 1. The van der Waals surface area contributed by atoms with Gasteiger partial charge in [-0.25, -0.2) is 0 Å². The number of hydrogen-bond donors (Lipinski definition) is 2. The van der Waals surface area contributed by atoms with E-state index in [1.807, 2.05) is 26.0 Å². The second kappa shape index (κ2) is 5.59. The van der Waals surface area contributed by atoms with Crippen LogP contribution in [0.4, 0.5) is 5.69 Å². The van der Waals surface area contributed by atoms with Crippen LogP contribution in [0.3, 0.4) is 0 Å².